The van der Waals surface area contributed by atoms with E-state index in [-0.39, 0.29) is 0 Å². The lowest BCUT2D eigenvalue weighted by atomic mass is 10.2. The number of hydrogen-bond donors (Lipinski definition) is 2. The summed E-state index contributed by atoms with van der Waals surface area (Å²) in [6.07, 6.45) is 0. The Morgan fingerprint density at radius 1 is 1.38 bits per heavy atom. The zero-order valence-electron chi connectivity index (χ0n) is 8.34. The van der Waals surface area contributed by atoms with Crippen molar-refractivity contribution in [3.63, 3.8) is 0 Å². The molecular formula is C11H10BrIN2S. The van der Waals surface area contributed by atoms with E-state index >= 15 is 0 Å². The number of benzene rings is 1. The van der Waals surface area contributed by atoms with E-state index in [4.69, 9.17) is 5.73 Å². The first-order valence-electron chi connectivity index (χ1n) is 4.67. The standard InChI is InChI=1S/C11H10BrIN2S/c12-8-3-4-16-11(8)6-15-10-2-1-7(13)5-9(10)14/h1-5,15H,6,14H2. The zero-order chi connectivity index (χ0) is 11.5. The van der Waals surface area contributed by atoms with E-state index in [2.05, 4.69) is 55.3 Å². The fourth-order valence-corrected chi connectivity index (χ4v) is 3.27. The maximum Gasteiger partial charge on any atom is 0.0577 e. The van der Waals surface area contributed by atoms with E-state index in [0.29, 0.717) is 0 Å². The summed E-state index contributed by atoms with van der Waals surface area (Å²) in [7, 11) is 0. The van der Waals surface area contributed by atoms with Crippen molar-refractivity contribution in [1.82, 2.24) is 0 Å². The van der Waals surface area contributed by atoms with Crippen LogP contribution in [0, 0.1) is 3.57 Å². The lowest BCUT2D eigenvalue weighted by molar-refractivity contribution is 1.18. The smallest absolute Gasteiger partial charge is 0.0577 e. The second-order valence-corrected chi connectivity index (χ2v) is 6.38. The van der Waals surface area contributed by atoms with Crippen LogP contribution in [0.5, 0.6) is 0 Å². The van der Waals surface area contributed by atoms with Crippen LogP contribution in [0.2, 0.25) is 0 Å². The molecular weight excluding hydrogens is 399 g/mol. The number of hydrogen-bond acceptors (Lipinski definition) is 3. The fourth-order valence-electron chi connectivity index (χ4n) is 1.32. The first-order valence-corrected chi connectivity index (χ1v) is 7.43. The number of rotatable bonds is 3. The van der Waals surface area contributed by atoms with Gasteiger partial charge in [-0.3, -0.25) is 0 Å². The molecule has 16 heavy (non-hydrogen) atoms. The summed E-state index contributed by atoms with van der Waals surface area (Å²) < 4.78 is 2.30. The van der Waals surface area contributed by atoms with Gasteiger partial charge in [0.25, 0.3) is 0 Å². The number of nitrogen functional groups attached to an aromatic ring is 1. The molecule has 0 aliphatic heterocycles. The Morgan fingerprint density at radius 3 is 2.81 bits per heavy atom. The molecule has 0 unspecified atom stereocenters. The van der Waals surface area contributed by atoms with Crippen LogP contribution in [0.1, 0.15) is 4.88 Å². The van der Waals surface area contributed by atoms with Crippen molar-refractivity contribution < 1.29 is 0 Å². The van der Waals surface area contributed by atoms with Crippen molar-refractivity contribution >= 4 is 61.2 Å². The lowest BCUT2D eigenvalue weighted by Gasteiger charge is -2.08. The Bertz CT molecular complexity index is 498. The predicted molar refractivity (Wildman–Crippen MR) is 82.9 cm³/mol. The van der Waals surface area contributed by atoms with Crippen LogP contribution in [0.4, 0.5) is 11.4 Å². The Morgan fingerprint density at radius 2 is 2.19 bits per heavy atom. The van der Waals surface area contributed by atoms with E-state index < -0.39 is 0 Å². The van der Waals surface area contributed by atoms with Gasteiger partial charge in [0.15, 0.2) is 0 Å². The molecule has 1 aromatic carbocycles. The average Bonchev–Trinajstić information content (AvgIpc) is 2.63. The van der Waals surface area contributed by atoms with Gasteiger partial charge in [-0.15, -0.1) is 11.3 Å². The number of nitrogens with one attached hydrogen (secondary N) is 1. The van der Waals surface area contributed by atoms with E-state index in [1.165, 1.54) is 4.88 Å². The molecule has 0 spiro atoms. The quantitative estimate of drug-likeness (QED) is 0.586. The van der Waals surface area contributed by atoms with E-state index in [1.807, 2.05) is 18.2 Å². The average molecular weight is 409 g/mol. The van der Waals surface area contributed by atoms with E-state index in [1.54, 1.807) is 11.3 Å². The minimum Gasteiger partial charge on any atom is -0.397 e. The molecule has 0 radical (unpaired) electrons. The van der Waals surface area contributed by atoms with Gasteiger partial charge >= 0.3 is 0 Å². The number of nitrogens with two attached hydrogens (primary N) is 1. The van der Waals surface area contributed by atoms with Crippen LogP contribution in [0.15, 0.2) is 34.1 Å². The Labute approximate surface area is 121 Å². The number of anilines is 2. The van der Waals surface area contributed by atoms with Gasteiger partial charge in [0.2, 0.25) is 0 Å². The van der Waals surface area contributed by atoms with Gasteiger partial charge in [-0.1, -0.05) is 0 Å². The summed E-state index contributed by atoms with van der Waals surface area (Å²) in [5, 5.41) is 5.40. The van der Waals surface area contributed by atoms with Crippen LogP contribution >= 0.6 is 49.9 Å². The molecule has 2 rings (SSSR count). The Hall–Kier alpha value is -0.270. The predicted octanol–water partition coefficient (Wildman–Crippen LogP) is 4.31. The van der Waals surface area contributed by atoms with Crippen molar-refractivity contribution in [3.8, 4) is 0 Å². The topological polar surface area (TPSA) is 38.0 Å². The molecule has 0 saturated heterocycles. The molecule has 3 N–H and O–H groups in total. The molecule has 0 aliphatic carbocycles. The van der Waals surface area contributed by atoms with Gasteiger partial charge in [-0.25, -0.2) is 0 Å². The monoisotopic (exact) mass is 408 g/mol. The van der Waals surface area contributed by atoms with E-state index in [0.717, 1.165) is 26.0 Å². The minimum atomic E-state index is 0.791. The summed E-state index contributed by atoms with van der Waals surface area (Å²) in [6.45, 7) is 0.795. The van der Waals surface area contributed by atoms with Crippen molar-refractivity contribution in [2.24, 2.45) is 0 Å². The molecule has 1 heterocycles. The summed E-state index contributed by atoms with van der Waals surface area (Å²) in [4.78, 5) is 1.28. The highest BCUT2D eigenvalue weighted by molar-refractivity contribution is 14.1. The van der Waals surface area contributed by atoms with Crippen molar-refractivity contribution in [3.05, 3.63) is 42.6 Å². The number of thiophene rings is 1. The first kappa shape index (κ1) is 12.2. The lowest BCUT2D eigenvalue weighted by Crippen LogP contribution is -2.01. The maximum absolute atomic E-state index is 5.92. The Balaban J connectivity index is 2.08. The minimum absolute atomic E-state index is 0.791. The normalized spacial score (nSPS) is 10.4. The summed E-state index contributed by atoms with van der Waals surface area (Å²) in [5.74, 6) is 0. The SMILES string of the molecule is Nc1cc(I)ccc1NCc1sccc1Br. The molecule has 0 fully saturated rings. The molecule has 2 aromatic rings. The maximum atomic E-state index is 5.92. The van der Waals surface area contributed by atoms with Gasteiger partial charge in [0, 0.05) is 12.9 Å². The molecule has 0 atom stereocenters. The Kier molecular flexibility index (Phi) is 4.10. The molecule has 0 amide bonds. The summed E-state index contributed by atoms with van der Waals surface area (Å²) in [5.41, 5.74) is 7.70. The van der Waals surface area contributed by atoms with Gasteiger partial charge < -0.3 is 11.1 Å². The third-order valence-corrected chi connectivity index (χ3v) is 4.74. The number of halogens is 2. The highest BCUT2D eigenvalue weighted by atomic mass is 127. The summed E-state index contributed by atoms with van der Waals surface area (Å²) >= 11 is 7.49. The van der Waals surface area contributed by atoms with E-state index in [9.17, 15) is 0 Å². The second-order valence-electron chi connectivity index (χ2n) is 3.28. The summed E-state index contributed by atoms with van der Waals surface area (Å²) in [6, 6.07) is 8.08. The van der Waals surface area contributed by atoms with Gasteiger partial charge in [-0.05, 0) is 68.2 Å². The highest BCUT2D eigenvalue weighted by Crippen LogP contribution is 2.26. The van der Waals surface area contributed by atoms with Gasteiger partial charge in [-0.2, -0.15) is 0 Å². The molecule has 84 valence electrons. The molecule has 0 bridgehead atoms. The largest absolute Gasteiger partial charge is 0.397 e. The van der Waals surface area contributed by atoms with Crippen LogP contribution in [0.25, 0.3) is 0 Å². The third-order valence-electron chi connectivity index (χ3n) is 2.14. The molecule has 1 aromatic heterocycles. The van der Waals surface area contributed by atoms with Crippen LogP contribution < -0.4 is 11.1 Å². The zero-order valence-corrected chi connectivity index (χ0v) is 12.9. The first-order chi connectivity index (χ1) is 7.66. The second kappa shape index (κ2) is 5.37. The van der Waals surface area contributed by atoms with Crippen LogP contribution in [-0.4, -0.2) is 0 Å². The highest BCUT2D eigenvalue weighted by Gasteiger charge is 2.03. The molecule has 0 saturated carbocycles. The third kappa shape index (κ3) is 2.89. The molecule has 2 nitrogen and oxygen atoms in total. The van der Waals surface area contributed by atoms with Gasteiger partial charge in [0.1, 0.15) is 0 Å². The fraction of sp³-hybridized carbons (Fsp3) is 0.0909. The van der Waals surface area contributed by atoms with Gasteiger partial charge in [0.05, 0.1) is 17.9 Å². The van der Waals surface area contributed by atoms with Crippen LogP contribution in [-0.2, 0) is 6.54 Å². The van der Waals surface area contributed by atoms with Crippen molar-refractivity contribution in [1.29, 1.82) is 0 Å². The molecule has 5 heteroatoms. The molecule has 0 aliphatic rings. The van der Waals surface area contributed by atoms with Crippen molar-refractivity contribution in [2.45, 2.75) is 6.54 Å². The van der Waals surface area contributed by atoms with Crippen molar-refractivity contribution in [2.75, 3.05) is 11.1 Å². The van der Waals surface area contributed by atoms with Crippen LogP contribution in [0.3, 0.4) is 0 Å².